The lowest BCUT2D eigenvalue weighted by Gasteiger charge is -2.34. The number of benzene rings is 1. The van der Waals surface area contributed by atoms with Crippen LogP contribution in [0.3, 0.4) is 0 Å². The molecule has 2 aromatic rings. The highest BCUT2D eigenvalue weighted by Gasteiger charge is 2.24. The smallest absolute Gasteiger partial charge is 0.0722 e. The predicted molar refractivity (Wildman–Crippen MR) is 67.6 cm³/mol. The molecule has 0 spiro atoms. The summed E-state index contributed by atoms with van der Waals surface area (Å²) in [6.45, 7) is 2.31. The Bertz CT molecular complexity index is 501. The topological polar surface area (TPSA) is 24.9 Å². The Kier molecular flexibility index (Phi) is 2.28. The second-order valence-electron chi connectivity index (χ2n) is 4.83. The van der Waals surface area contributed by atoms with Gasteiger partial charge >= 0.3 is 0 Å². The van der Waals surface area contributed by atoms with E-state index in [-0.39, 0.29) is 0 Å². The van der Waals surface area contributed by atoms with Gasteiger partial charge in [-0.25, -0.2) is 0 Å². The van der Waals surface area contributed by atoms with E-state index in [9.17, 15) is 0 Å². The normalized spacial score (nSPS) is 24.1. The summed E-state index contributed by atoms with van der Waals surface area (Å²) in [5.74, 6) is 0.885. The number of fused-ring (bicyclic) bond motifs is 1. The van der Waals surface area contributed by atoms with Crippen LogP contribution in [-0.2, 0) is 0 Å². The van der Waals surface area contributed by atoms with Crippen LogP contribution in [0.5, 0.6) is 0 Å². The molecule has 0 atom stereocenters. The number of nitrogens with one attached hydrogen (secondary N) is 1. The lowest BCUT2D eigenvalue weighted by Crippen LogP contribution is -2.33. The van der Waals surface area contributed by atoms with Gasteiger partial charge in [-0.15, -0.1) is 0 Å². The molecule has 1 saturated carbocycles. The van der Waals surface area contributed by atoms with Crippen molar-refractivity contribution in [2.24, 2.45) is 5.92 Å². The molecule has 0 radical (unpaired) electrons. The predicted octanol–water partition coefficient (Wildman–Crippen LogP) is 3.45. The zero-order valence-electron chi connectivity index (χ0n) is 9.48. The molecule has 1 aliphatic rings. The number of anilines is 1. The number of aromatic nitrogens is 1. The van der Waals surface area contributed by atoms with Crippen molar-refractivity contribution >= 4 is 16.6 Å². The molecule has 1 aromatic heterocycles. The molecule has 1 heterocycles. The van der Waals surface area contributed by atoms with Gasteiger partial charge < -0.3 is 5.32 Å². The molecule has 0 unspecified atom stereocenters. The lowest BCUT2D eigenvalue weighted by molar-refractivity contribution is 0.309. The third-order valence-electron chi connectivity index (χ3n) is 3.35. The Morgan fingerprint density at radius 2 is 2.12 bits per heavy atom. The van der Waals surface area contributed by atoms with Gasteiger partial charge in [0.1, 0.15) is 0 Å². The summed E-state index contributed by atoms with van der Waals surface area (Å²) in [6.07, 6.45) is 4.43. The molecule has 1 aromatic carbocycles. The van der Waals surface area contributed by atoms with E-state index in [0.29, 0.717) is 6.04 Å². The molecule has 16 heavy (non-hydrogen) atoms. The highest BCUT2D eigenvalue weighted by atomic mass is 14.9. The first-order chi connectivity index (χ1) is 7.81. The second kappa shape index (κ2) is 3.78. The molecule has 82 valence electrons. The van der Waals surface area contributed by atoms with Gasteiger partial charge in [0.2, 0.25) is 0 Å². The minimum atomic E-state index is 0.663. The van der Waals surface area contributed by atoms with Crippen molar-refractivity contribution in [2.45, 2.75) is 25.8 Å². The van der Waals surface area contributed by atoms with Gasteiger partial charge in [-0.2, -0.15) is 0 Å². The van der Waals surface area contributed by atoms with E-state index in [1.54, 1.807) is 0 Å². The fourth-order valence-electron chi connectivity index (χ4n) is 2.41. The molecule has 1 N–H and O–H groups in total. The summed E-state index contributed by atoms with van der Waals surface area (Å²) in [5, 5.41) is 4.76. The molecule has 1 aliphatic carbocycles. The summed E-state index contributed by atoms with van der Waals surface area (Å²) in [5.41, 5.74) is 2.27. The number of hydrogen-bond donors (Lipinski definition) is 1. The number of rotatable bonds is 2. The van der Waals surface area contributed by atoms with E-state index < -0.39 is 0 Å². The van der Waals surface area contributed by atoms with Gasteiger partial charge in [0, 0.05) is 23.3 Å². The maximum atomic E-state index is 4.37. The van der Waals surface area contributed by atoms with Crippen molar-refractivity contribution in [2.75, 3.05) is 5.32 Å². The Morgan fingerprint density at radius 3 is 2.94 bits per heavy atom. The standard InChI is InChI=1S/C14H16N2/c1-10-7-13(8-10)16-12-5-4-11-3-2-6-15-14(11)9-12/h2-6,9-10,13,16H,7-8H2,1H3. The number of hydrogen-bond acceptors (Lipinski definition) is 2. The van der Waals surface area contributed by atoms with Gasteiger partial charge in [0.15, 0.2) is 0 Å². The van der Waals surface area contributed by atoms with Crippen LogP contribution < -0.4 is 5.32 Å². The Balaban J connectivity index is 1.82. The number of nitrogens with zero attached hydrogens (tertiary/aromatic N) is 1. The van der Waals surface area contributed by atoms with Crippen molar-refractivity contribution in [3.05, 3.63) is 36.5 Å². The summed E-state index contributed by atoms with van der Waals surface area (Å²) < 4.78 is 0. The first-order valence-electron chi connectivity index (χ1n) is 5.92. The maximum Gasteiger partial charge on any atom is 0.0722 e. The first kappa shape index (κ1) is 9.64. The Labute approximate surface area is 95.7 Å². The van der Waals surface area contributed by atoms with Gasteiger partial charge in [-0.05, 0) is 37.0 Å². The van der Waals surface area contributed by atoms with Crippen molar-refractivity contribution < 1.29 is 0 Å². The average molecular weight is 212 g/mol. The molecule has 2 nitrogen and oxygen atoms in total. The average Bonchev–Trinajstić information content (AvgIpc) is 2.27. The van der Waals surface area contributed by atoms with Crippen LogP contribution in [0.4, 0.5) is 5.69 Å². The van der Waals surface area contributed by atoms with E-state index >= 15 is 0 Å². The first-order valence-corrected chi connectivity index (χ1v) is 5.92. The monoisotopic (exact) mass is 212 g/mol. The van der Waals surface area contributed by atoms with Crippen molar-refractivity contribution in [1.82, 2.24) is 4.98 Å². The minimum absolute atomic E-state index is 0.663. The molecule has 0 saturated heterocycles. The van der Waals surface area contributed by atoms with Gasteiger partial charge in [-0.3, -0.25) is 4.98 Å². The fraction of sp³-hybridized carbons (Fsp3) is 0.357. The zero-order valence-corrected chi connectivity index (χ0v) is 9.48. The van der Waals surface area contributed by atoms with Gasteiger partial charge in [0.05, 0.1) is 5.52 Å². The molecule has 0 amide bonds. The van der Waals surface area contributed by atoms with Gasteiger partial charge in [-0.1, -0.05) is 19.1 Å². The van der Waals surface area contributed by atoms with Crippen LogP contribution in [0.2, 0.25) is 0 Å². The van der Waals surface area contributed by atoms with Crippen LogP contribution in [0.15, 0.2) is 36.5 Å². The molecular weight excluding hydrogens is 196 g/mol. The summed E-state index contributed by atoms with van der Waals surface area (Å²) in [7, 11) is 0. The largest absolute Gasteiger partial charge is 0.382 e. The van der Waals surface area contributed by atoms with E-state index in [1.165, 1.54) is 23.9 Å². The van der Waals surface area contributed by atoms with Crippen molar-refractivity contribution in [3.63, 3.8) is 0 Å². The molecular formula is C14H16N2. The summed E-state index contributed by atoms with van der Waals surface area (Å²) in [4.78, 5) is 4.37. The SMILES string of the molecule is CC1CC(Nc2ccc3cccnc3c2)C1. The van der Waals surface area contributed by atoms with E-state index in [0.717, 1.165) is 11.4 Å². The van der Waals surface area contributed by atoms with Crippen LogP contribution in [0.1, 0.15) is 19.8 Å². The molecule has 1 fully saturated rings. The maximum absolute atomic E-state index is 4.37. The summed E-state index contributed by atoms with van der Waals surface area (Å²) in [6, 6.07) is 11.1. The lowest BCUT2D eigenvalue weighted by atomic mass is 9.82. The van der Waals surface area contributed by atoms with Crippen LogP contribution in [-0.4, -0.2) is 11.0 Å². The second-order valence-corrected chi connectivity index (χ2v) is 4.83. The van der Waals surface area contributed by atoms with E-state index in [4.69, 9.17) is 0 Å². The molecule has 2 heteroatoms. The quantitative estimate of drug-likeness (QED) is 0.824. The summed E-state index contributed by atoms with van der Waals surface area (Å²) >= 11 is 0. The number of pyridine rings is 1. The fourth-order valence-corrected chi connectivity index (χ4v) is 2.41. The third-order valence-corrected chi connectivity index (χ3v) is 3.35. The van der Waals surface area contributed by atoms with E-state index in [2.05, 4.69) is 41.5 Å². The highest BCUT2D eigenvalue weighted by Crippen LogP contribution is 2.30. The Hall–Kier alpha value is -1.57. The Morgan fingerprint density at radius 1 is 1.25 bits per heavy atom. The molecule has 0 aliphatic heterocycles. The van der Waals surface area contributed by atoms with Crippen LogP contribution in [0, 0.1) is 5.92 Å². The zero-order chi connectivity index (χ0) is 11.0. The van der Waals surface area contributed by atoms with E-state index in [1.807, 2.05) is 12.3 Å². The third kappa shape index (κ3) is 1.75. The van der Waals surface area contributed by atoms with Crippen LogP contribution >= 0.6 is 0 Å². The van der Waals surface area contributed by atoms with Crippen LogP contribution in [0.25, 0.3) is 10.9 Å². The molecule has 3 rings (SSSR count). The van der Waals surface area contributed by atoms with Crippen molar-refractivity contribution in [1.29, 1.82) is 0 Å². The minimum Gasteiger partial charge on any atom is -0.382 e. The van der Waals surface area contributed by atoms with Gasteiger partial charge in [0.25, 0.3) is 0 Å². The highest BCUT2D eigenvalue weighted by molar-refractivity contribution is 5.81. The van der Waals surface area contributed by atoms with Crippen molar-refractivity contribution in [3.8, 4) is 0 Å². The molecule has 0 bridgehead atoms.